The summed E-state index contributed by atoms with van der Waals surface area (Å²) in [5.74, 6) is 1.34. The summed E-state index contributed by atoms with van der Waals surface area (Å²) in [5, 5.41) is 2.37. The van der Waals surface area contributed by atoms with E-state index >= 15 is 0 Å². The van der Waals surface area contributed by atoms with Crippen molar-refractivity contribution < 1.29 is 9.53 Å². The first-order valence-corrected chi connectivity index (χ1v) is 7.56. The van der Waals surface area contributed by atoms with Gasteiger partial charge in [0.05, 0.1) is 13.0 Å². The molecule has 5 nitrogen and oxygen atoms in total. The predicted octanol–water partition coefficient (Wildman–Crippen LogP) is 2.45. The van der Waals surface area contributed by atoms with Crippen molar-refractivity contribution in [3.63, 3.8) is 0 Å². The van der Waals surface area contributed by atoms with Crippen LogP contribution in [0.3, 0.4) is 0 Å². The van der Waals surface area contributed by atoms with Crippen LogP contribution in [0.2, 0.25) is 5.15 Å². The Morgan fingerprint density at radius 1 is 1.41 bits per heavy atom. The van der Waals surface area contributed by atoms with Gasteiger partial charge in [0.2, 0.25) is 5.91 Å². The number of nitrogens with two attached hydrogens (primary N) is 1. The molecule has 1 fully saturated rings. The van der Waals surface area contributed by atoms with Gasteiger partial charge in [-0.15, -0.1) is 0 Å². The Morgan fingerprint density at radius 3 is 2.82 bits per heavy atom. The van der Waals surface area contributed by atoms with Gasteiger partial charge >= 0.3 is 0 Å². The molecule has 1 aliphatic heterocycles. The van der Waals surface area contributed by atoms with Crippen LogP contribution in [0, 0.1) is 11.8 Å². The summed E-state index contributed by atoms with van der Waals surface area (Å²) in [4.78, 5) is 18.1. The minimum atomic E-state index is -0.261. The van der Waals surface area contributed by atoms with E-state index in [2.05, 4.69) is 9.88 Å². The number of hydrogen-bond donors (Lipinski definition) is 1. The first kappa shape index (κ1) is 14.9. The number of pyridine rings is 1. The molecule has 2 heterocycles. The van der Waals surface area contributed by atoms with Crippen LogP contribution in [-0.2, 0) is 4.79 Å². The highest BCUT2D eigenvalue weighted by Gasteiger charge is 2.34. The highest BCUT2D eigenvalue weighted by atomic mass is 35.5. The molecule has 116 valence electrons. The first-order valence-electron chi connectivity index (χ1n) is 7.18. The zero-order valence-electron chi connectivity index (χ0n) is 12.5. The average Bonchev–Trinajstić information content (AvgIpc) is 2.87. The molecule has 0 bridgehead atoms. The summed E-state index contributed by atoms with van der Waals surface area (Å²) < 4.78 is 5.25. The van der Waals surface area contributed by atoms with Crippen LogP contribution in [0.5, 0.6) is 5.75 Å². The molecule has 2 aromatic rings. The molecule has 0 spiro atoms. The fraction of sp³-hybridized carbons (Fsp3) is 0.375. The lowest BCUT2D eigenvalue weighted by molar-refractivity contribution is -0.122. The molecule has 0 saturated carbocycles. The number of rotatable bonds is 3. The number of carbonyl (C=O) groups is 1. The fourth-order valence-electron chi connectivity index (χ4n) is 3.06. The van der Waals surface area contributed by atoms with Crippen LogP contribution in [-0.4, -0.2) is 31.1 Å². The van der Waals surface area contributed by atoms with Gasteiger partial charge in [-0.2, -0.15) is 0 Å². The van der Waals surface area contributed by atoms with Crippen molar-refractivity contribution in [2.45, 2.75) is 6.92 Å². The molecule has 6 heteroatoms. The Hall–Kier alpha value is -2.01. The zero-order valence-corrected chi connectivity index (χ0v) is 13.3. The summed E-state index contributed by atoms with van der Waals surface area (Å²) in [6.45, 7) is 3.35. The van der Waals surface area contributed by atoms with Crippen molar-refractivity contribution in [2.24, 2.45) is 17.6 Å². The number of halogens is 1. The van der Waals surface area contributed by atoms with Crippen molar-refractivity contribution in [1.29, 1.82) is 0 Å². The molecule has 2 N–H and O–H groups in total. The Bertz CT molecular complexity index is 735. The summed E-state index contributed by atoms with van der Waals surface area (Å²) in [5.41, 5.74) is 5.48. The van der Waals surface area contributed by atoms with E-state index in [0.717, 1.165) is 28.9 Å². The predicted molar refractivity (Wildman–Crippen MR) is 87.4 cm³/mol. The highest BCUT2D eigenvalue weighted by molar-refractivity contribution is 6.30. The molecule has 1 aromatic carbocycles. The second-order valence-electron chi connectivity index (χ2n) is 5.75. The van der Waals surface area contributed by atoms with E-state index in [1.807, 2.05) is 31.2 Å². The maximum absolute atomic E-state index is 11.5. The van der Waals surface area contributed by atoms with Crippen molar-refractivity contribution >= 4 is 34.1 Å². The van der Waals surface area contributed by atoms with E-state index in [1.165, 1.54) is 0 Å². The van der Waals surface area contributed by atoms with Crippen molar-refractivity contribution in [3.05, 3.63) is 29.4 Å². The van der Waals surface area contributed by atoms with Gasteiger partial charge < -0.3 is 15.4 Å². The van der Waals surface area contributed by atoms with Crippen molar-refractivity contribution in [2.75, 3.05) is 25.1 Å². The summed E-state index contributed by atoms with van der Waals surface area (Å²) >= 11 is 6.16. The maximum atomic E-state index is 11.5. The minimum Gasteiger partial charge on any atom is -0.497 e. The standard InChI is InChI=1S/C16H18ClN3O2/c1-9-7-20(8-13(9)15(18)21)16-12-4-3-11(22-2)5-10(12)6-14(17)19-16/h3-6,9,13H,7-8H2,1-2H3,(H2,18,21)/t9-,13-/m1/s1. The Balaban J connectivity index is 2.05. The number of hydrogen-bond acceptors (Lipinski definition) is 4. The van der Waals surface area contributed by atoms with E-state index in [1.54, 1.807) is 7.11 Å². The molecule has 0 aliphatic carbocycles. The monoisotopic (exact) mass is 319 g/mol. The number of aromatic nitrogens is 1. The lowest BCUT2D eigenvalue weighted by Gasteiger charge is -2.19. The molecule has 0 unspecified atom stereocenters. The Kier molecular flexibility index (Phi) is 3.83. The van der Waals surface area contributed by atoms with E-state index < -0.39 is 0 Å². The van der Waals surface area contributed by atoms with Gasteiger partial charge in [-0.3, -0.25) is 4.79 Å². The van der Waals surface area contributed by atoms with Crippen LogP contribution in [0.25, 0.3) is 10.8 Å². The average molecular weight is 320 g/mol. The second-order valence-corrected chi connectivity index (χ2v) is 6.13. The van der Waals surface area contributed by atoms with Crippen LogP contribution >= 0.6 is 11.6 Å². The van der Waals surface area contributed by atoms with Gasteiger partial charge in [-0.1, -0.05) is 18.5 Å². The van der Waals surface area contributed by atoms with Gasteiger partial charge in [0.25, 0.3) is 0 Å². The SMILES string of the molecule is COc1ccc2c(N3C[C@@H](C)[C@H](C(N)=O)C3)nc(Cl)cc2c1. The molecule has 22 heavy (non-hydrogen) atoms. The van der Waals surface area contributed by atoms with Crippen LogP contribution in [0.4, 0.5) is 5.82 Å². The van der Waals surface area contributed by atoms with E-state index in [-0.39, 0.29) is 17.7 Å². The fourth-order valence-corrected chi connectivity index (χ4v) is 3.26. The van der Waals surface area contributed by atoms with Crippen LogP contribution < -0.4 is 15.4 Å². The number of carbonyl (C=O) groups excluding carboxylic acids is 1. The number of fused-ring (bicyclic) bond motifs is 1. The quantitative estimate of drug-likeness (QED) is 0.882. The van der Waals surface area contributed by atoms with Gasteiger partial charge in [-0.25, -0.2) is 4.98 Å². The number of ether oxygens (including phenoxy) is 1. The third kappa shape index (κ3) is 2.57. The van der Waals surface area contributed by atoms with Gasteiger partial charge in [0.1, 0.15) is 16.7 Å². The Labute approximate surface area is 134 Å². The third-order valence-corrected chi connectivity index (χ3v) is 4.46. The summed E-state index contributed by atoms with van der Waals surface area (Å²) in [6.07, 6.45) is 0. The number of primary amides is 1. The van der Waals surface area contributed by atoms with Gasteiger partial charge in [0, 0.05) is 18.5 Å². The number of methoxy groups -OCH3 is 1. The van der Waals surface area contributed by atoms with Gasteiger partial charge in [-0.05, 0) is 35.6 Å². The third-order valence-electron chi connectivity index (χ3n) is 4.26. The smallest absolute Gasteiger partial charge is 0.222 e. The number of anilines is 1. The van der Waals surface area contributed by atoms with E-state index in [9.17, 15) is 4.79 Å². The van der Waals surface area contributed by atoms with E-state index in [4.69, 9.17) is 22.1 Å². The van der Waals surface area contributed by atoms with E-state index in [0.29, 0.717) is 11.7 Å². The molecule has 1 saturated heterocycles. The molecule has 2 atom stereocenters. The zero-order chi connectivity index (χ0) is 15.9. The van der Waals surface area contributed by atoms with Crippen molar-refractivity contribution in [3.8, 4) is 5.75 Å². The maximum Gasteiger partial charge on any atom is 0.222 e. The molecule has 1 aromatic heterocycles. The normalized spacial score (nSPS) is 21.3. The topological polar surface area (TPSA) is 68.5 Å². The molecule has 1 aliphatic rings. The first-order chi connectivity index (χ1) is 10.5. The number of benzene rings is 1. The second kappa shape index (κ2) is 5.65. The van der Waals surface area contributed by atoms with Gasteiger partial charge in [0.15, 0.2) is 0 Å². The molecule has 1 amide bonds. The molecule has 0 radical (unpaired) electrons. The number of nitrogens with zero attached hydrogens (tertiary/aromatic N) is 2. The van der Waals surface area contributed by atoms with Crippen molar-refractivity contribution in [1.82, 2.24) is 4.98 Å². The largest absolute Gasteiger partial charge is 0.497 e. The number of amides is 1. The van der Waals surface area contributed by atoms with Crippen LogP contribution in [0.1, 0.15) is 6.92 Å². The molecule has 3 rings (SSSR count). The lowest BCUT2D eigenvalue weighted by Crippen LogP contribution is -2.29. The highest BCUT2D eigenvalue weighted by Crippen LogP contribution is 2.34. The lowest BCUT2D eigenvalue weighted by atomic mass is 9.98. The summed E-state index contributed by atoms with van der Waals surface area (Å²) in [7, 11) is 1.63. The molecular weight excluding hydrogens is 302 g/mol. The Morgan fingerprint density at radius 2 is 2.18 bits per heavy atom. The summed E-state index contributed by atoms with van der Waals surface area (Å²) in [6, 6.07) is 7.60. The molecular formula is C16H18ClN3O2. The van der Waals surface area contributed by atoms with Crippen LogP contribution in [0.15, 0.2) is 24.3 Å². The minimum absolute atomic E-state index is 0.158.